The molecule has 3 aromatic carbocycles. The summed E-state index contributed by atoms with van der Waals surface area (Å²) in [5, 5.41) is 5.63. The maximum Gasteiger partial charge on any atom is 0.347 e. The largest absolute Gasteiger partial charge is 0.496 e. The topological polar surface area (TPSA) is 124 Å². The first-order chi connectivity index (χ1) is 20.4. The number of hydrogen-bond donors (Lipinski definition) is 0. The minimum atomic E-state index is -0.903. The summed E-state index contributed by atoms with van der Waals surface area (Å²) in [6.45, 7) is 3.51. The molecule has 0 fully saturated rings. The first-order valence-electron chi connectivity index (χ1n) is 13.1. The molecule has 11 heteroatoms. The van der Waals surface area contributed by atoms with Gasteiger partial charge in [-0.1, -0.05) is 18.2 Å². The number of fused-ring (bicyclic) bond motifs is 2. The zero-order valence-electron chi connectivity index (χ0n) is 23.7. The fourth-order valence-electron chi connectivity index (χ4n) is 4.41. The standard InChI is InChI=1S/C31H29N3O8/c1-6-40-31(36)18(2)41-28-25(38-4)14-19(15-26(28)39-5)17-32-34-29(33-22-11-8-7-10-20(22)30(34)35)27-16-21-23(37-3)12-9-13-24(21)42-27/h7-18H,6H2,1-5H3/t18-/m0/s1. The van der Waals surface area contributed by atoms with E-state index < -0.39 is 12.1 Å². The Morgan fingerprint density at radius 3 is 2.38 bits per heavy atom. The van der Waals surface area contributed by atoms with Crippen LogP contribution in [0.2, 0.25) is 0 Å². The van der Waals surface area contributed by atoms with Gasteiger partial charge in [-0.2, -0.15) is 9.78 Å². The van der Waals surface area contributed by atoms with Crippen LogP contribution < -0.4 is 24.5 Å². The van der Waals surface area contributed by atoms with Crippen LogP contribution in [0.15, 0.2) is 75.0 Å². The predicted octanol–water partition coefficient (Wildman–Crippen LogP) is 5.05. The minimum absolute atomic E-state index is 0.204. The predicted molar refractivity (Wildman–Crippen MR) is 157 cm³/mol. The summed E-state index contributed by atoms with van der Waals surface area (Å²) in [6.07, 6.45) is 0.563. The lowest BCUT2D eigenvalue weighted by Crippen LogP contribution is -2.26. The van der Waals surface area contributed by atoms with Gasteiger partial charge in [-0.3, -0.25) is 4.79 Å². The number of ether oxygens (including phenoxy) is 5. The lowest BCUT2D eigenvalue weighted by molar-refractivity contribution is -0.150. The average molecular weight is 572 g/mol. The van der Waals surface area contributed by atoms with E-state index in [2.05, 4.69) is 5.10 Å². The first-order valence-corrected chi connectivity index (χ1v) is 13.1. The second-order valence-electron chi connectivity index (χ2n) is 9.06. The molecular formula is C31H29N3O8. The van der Waals surface area contributed by atoms with Gasteiger partial charge in [-0.25, -0.2) is 9.78 Å². The highest BCUT2D eigenvalue weighted by atomic mass is 16.6. The number of carbonyl (C=O) groups excluding carboxylic acids is 1. The van der Waals surface area contributed by atoms with E-state index in [1.807, 2.05) is 12.1 Å². The lowest BCUT2D eigenvalue weighted by atomic mass is 10.2. The summed E-state index contributed by atoms with van der Waals surface area (Å²) < 4.78 is 34.6. The van der Waals surface area contributed by atoms with Gasteiger partial charge in [-0.15, -0.1) is 0 Å². The second kappa shape index (κ2) is 12.0. The van der Waals surface area contributed by atoms with Gasteiger partial charge >= 0.3 is 5.97 Å². The van der Waals surface area contributed by atoms with E-state index in [9.17, 15) is 9.59 Å². The van der Waals surface area contributed by atoms with E-state index in [4.69, 9.17) is 33.1 Å². The first kappa shape index (κ1) is 28.2. The quantitative estimate of drug-likeness (QED) is 0.167. The van der Waals surface area contributed by atoms with Crippen LogP contribution in [0.25, 0.3) is 33.5 Å². The number of benzene rings is 3. The lowest BCUT2D eigenvalue weighted by Gasteiger charge is -2.18. The highest BCUT2D eigenvalue weighted by Gasteiger charge is 2.22. The third-order valence-electron chi connectivity index (χ3n) is 6.43. The Morgan fingerprint density at radius 2 is 1.69 bits per heavy atom. The van der Waals surface area contributed by atoms with Crippen molar-refractivity contribution in [1.29, 1.82) is 0 Å². The fourth-order valence-corrected chi connectivity index (χ4v) is 4.41. The smallest absolute Gasteiger partial charge is 0.347 e. The second-order valence-corrected chi connectivity index (χ2v) is 9.06. The molecule has 0 aliphatic rings. The van der Waals surface area contributed by atoms with Crippen molar-refractivity contribution in [2.45, 2.75) is 20.0 Å². The van der Waals surface area contributed by atoms with Gasteiger partial charge in [0, 0.05) is 5.56 Å². The van der Waals surface area contributed by atoms with Crippen molar-refractivity contribution in [3.05, 3.63) is 76.6 Å². The number of esters is 1. The van der Waals surface area contributed by atoms with Crippen LogP contribution in [0.3, 0.4) is 0 Å². The number of methoxy groups -OCH3 is 3. The van der Waals surface area contributed by atoms with Gasteiger partial charge in [0.2, 0.25) is 11.6 Å². The summed E-state index contributed by atoms with van der Waals surface area (Å²) >= 11 is 0. The molecule has 0 saturated carbocycles. The number of hydrogen-bond acceptors (Lipinski definition) is 10. The summed E-state index contributed by atoms with van der Waals surface area (Å²) in [6, 6.07) is 17.5. The molecule has 216 valence electrons. The molecule has 0 radical (unpaired) electrons. The maximum atomic E-state index is 13.7. The van der Waals surface area contributed by atoms with Gasteiger partial charge < -0.3 is 28.1 Å². The van der Waals surface area contributed by atoms with E-state index in [1.165, 1.54) is 25.1 Å². The molecule has 1 atom stereocenters. The van der Waals surface area contributed by atoms with Gasteiger partial charge in [-0.05, 0) is 56.3 Å². The molecule has 2 heterocycles. The molecule has 0 unspecified atom stereocenters. The molecule has 0 aliphatic carbocycles. The van der Waals surface area contributed by atoms with Gasteiger partial charge in [0.05, 0.1) is 50.4 Å². The Morgan fingerprint density at radius 1 is 0.976 bits per heavy atom. The van der Waals surface area contributed by atoms with E-state index in [0.29, 0.717) is 45.1 Å². The van der Waals surface area contributed by atoms with Crippen LogP contribution in [0.5, 0.6) is 23.0 Å². The number of rotatable bonds is 10. The Balaban J connectivity index is 1.61. The zero-order chi connectivity index (χ0) is 29.8. The van der Waals surface area contributed by atoms with Gasteiger partial charge in [0.15, 0.2) is 23.4 Å². The highest BCUT2D eigenvalue weighted by molar-refractivity contribution is 5.89. The van der Waals surface area contributed by atoms with Crippen molar-refractivity contribution in [3.63, 3.8) is 0 Å². The van der Waals surface area contributed by atoms with Crippen LogP contribution in [0, 0.1) is 0 Å². The highest BCUT2D eigenvalue weighted by Crippen LogP contribution is 2.39. The maximum absolute atomic E-state index is 13.7. The molecule has 5 aromatic rings. The molecule has 0 amide bonds. The Labute approximate surface area is 240 Å². The third kappa shape index (κ3) is 5.36. The van der Waals surface area contributed by atoms with E-state index in [0.717, 1.165) is 5.39 Å². The third-order valence-corrected chi connectivity index (χ3v) is 6.43. The number of aromatic nitrogens is 2. The van der Waals surface area contributed by atoms with Crippen molar-refractivity contribution in [2.75, 3.05) is 27.9 Å². The Kier molecular flexibility index (Phi) is 8.09. The molecular weight excluding hydrogens is 542 g/mol. The molecule has 0 N–H and O–H groups in total. The molecule has 0 saturated heterocycles. The van der Waals surface area contributed by atoms with Gasteiger partial charge in [0.1, 0.15) is 11.3 Å². The van der Waals surface area contributed by atoms with Crippen LogP contribution in [0.1, 0.15) is 19.4 Å². The number of nitrogens with zero attached hydrogens (tertiary/aromatic N) is 3. The van der Waals surface area contributed by atoms with Crippen molar-refractivity contribution in [3.8, 4) is 34.6 Å². The molecule has 0 bridgehead atoms. The zero-order valence-corrected chi connectivity index (χ0v) is 23.7. The Hall–Kier alpha value is -5.32. The van der Waals surface area contributed by atoms with Crippen LogP contribution in [-0.2, 0) is 9.53 Å². The van der Waals surface area contributed by atoms with Crippen molar-refractivity contribution < 1.29 is 32.9 Å². The molecule has 2 aromatic heterocycles. The summed E-state index contributed by atoms with van der Waals surface area (Å²) in [5.41, 5.74) is 1.21. The molecule has 42 heavy (non-hydrogen) atoms. The normalized spacial score (nSPS) is 12.0. The van der Waals surface area contributed by atoms with Crippen LogP contribution in [0.4, 0.5) is 0 Å². The number of furan rings is 1. The molecule has 0 aliphatic heterocycles. The number of para-hydroxylation sites is 1. The summed E-state index contributed by atoms with van der Waals surface area (Å²) in [4.78, 5) is 30.5. The molecule has 0 spiro atoms. The summed E-state index contributed by atoms with van der Waals surface area (Å²) in [7, 11) is 4.50. The van der Waals surface area contributed by atoms with Crippen molar-refractivity contribution in [2.24, 2.45) is 5.10 Å². The van der Waals surface area contributed by atoms with E-state index in [-0.39, 0.29) is 23.7 Å². The number of carbonyl (C=O) groups is 1. The SMILES string of the molecule is CCOC(=O)[C@H](C)Oc1c(OC)cc(C=Nn2c(-c3cc4c(OC)cccc4o3)nc3ccccc3c2=O)cc1OC. The van der Waals surface area contributed by atoms with Crippen molar-refractivity contribution in [1.82, 2.24) is 9.66 Å². The minimum Gasteiger partial charge on any atom is -0.496 e. The molecule has 5 rings (SSSR count). The fraction of sp³-hybridized carbons (Fsp3) is 0.226. The average Bonchev–Trinajstić information content (AvgIpc) is 3.45. The molecule has 11 nitrogen and oxygen atoms in total. The van der Waals surface area contributed by atoms with E-state index in [1.54, 1.807) is 69.5 Å². The van der Waals surface area contributed by atoms with Gasteiger partial charge in [0.25, 0.3) is 5.56 Å². The van der Waals surface area contributed by atoms with Crippen LogP contribution >= 0.6 is 0 Å². The Bertz CT molecular complexity index is 1830. The van der Waals surface area contributed by atoms with Crippen molar-refractivity contribution >= 4 is 34.1 Å². The summed E-state index contributed by atoms with van der Waals surface area (Å²) in [5.74, 6) is 1.45. The monoisotopic (exact) mass is 571 g/mol. The van der Waals surface area contributed by atoms with Crippen LogP contribution in [-0.4, -0.2) is 55.9 Å². The van der Waals surface area contributed by atoms with E-state index >= 15 is 0 Å².